The summed E-state index contributed by atoms with van der Waals surface area (Å²) >= 11 is 7.25. The van der Waals surface area contributed by atoms with Gasteiger partial charge in [0.15, 0.2) is 6.10 Å². The molecular formula is C18H16ClF2NO3S. The number of thioether (sulfide) groups is 1. The van der Waals surface area contributed by atoms with Gasteiger partial charge in [-0.3, -0.25) is 9.59 Å². The Hall–Kier alpha value is -2.12. The van der Waals surface area contributed by atoms with Crippen LogP contribution in [0.1, 0.15) is 13.3 Å². The third-order valence-corrected chi connectivity index (χ3v) is 4.52. The molecular weight excluding hydrogens is 384 g/mol. The number of anilines is 1. The minimum Gasteiger partial charge on any atom is -0.453 e. The fraction of sp³-hybridized carbons (Fsp3) is 0.222. The molecule has 0 saturated heterocycles. The van der Waals surface area contributed by atoms with Crippen LogP contribution in [0, 0.1) is 11.6 Å². The molecule has 0 aliphatic rings. The number of benzene rings is 2. The molecule has 0 bridgehead atoms. The number of carbonyl (C=O) groups excluding carboxylic acids is 2. The van der Waals surface area contributed by atoms with E-state index in [-0.39, 0.29) is 12.1 Å². The lowest BCUT2D eigenvalue weighted by molar-refractivity contribution is -0.152. The number of halogens is 3. The Labute approximate surface area is 158 Å². The first kappa shape index (κ1) is 20.2. The van der Waals surface area contributed by atoms with Crippen molar-refractivity contribution in [1.29, 1.82) is 0 Å². The monoisotopic (exact) mass is 399 g/mol. The van der Waals surface area contributed by atoms with Gasteiger partial charge in [0.2, 0.25) is 0 Å². The maximum absolute atomic E-state index is 13.5. The van der Waals surface area contributed by atoms with Crippen molar-refractivity contribution in [2.24, 2.45) is 0 Å². The highest BCUT2D eigenvalue weighted by Gasteiger charge is 2.19. The van der Waals surface area contributed by atoms with Gasteiger partial charge in [0.25, 0.3) is 5.91 Å². The number of nitrogens with one attached hydrogen (secondary N) is 1. The average Bonchev–Trinajstić information content (AvgIpc) is 2.59. The lowest BCUT2D eigenvalue weighted by Gasteiger charge is -2.14. The first-order valence-electron chi connectivity index (χ1n) is 7.69. The molecule has 8 heteroatoms. The van der Waals surface area contributed by atoms with Crippen molar-refractivity contribution in [2.75, 3.05) is 11.1 Å². The van der Waals surface area contributed by atoms with Crippen molar-refractivity contribution < 1.29 is 23.1 Å². The molecule has 0 unspecified atom stereocenters. The van der Waals surface area contributed by atoms with Crippen LogP contribution < -0.4 is 5.32 Å². The van der Waals surface area contributed by atoms with Gasteiger partial charge >= 0.3 is 5.97 Å². The van der Waals surface area contributed by atoms with E-state index in [9.17, 15) is 18.4 Å². The fourth-order valence-corrected chi connectivity index (χ4v) is 2.88. The summed E-state index contributed by atoms with van der Waals surface area (Å²) in [5.74, 6) is -2.43. The highest BCUT2D eigenvalue weighted by atomic mass is 35.5. The standard InChI is InChI=1S/C18H16ClF2NO3S/c1-11(18(24)22-16-7-4-13(20)10-15(16)21)25-17(23)8-9-26-14-5-2-12(19)3-6-14/h2-7,10-11H,8-9H2,1H3,(H,22,24)/t11-/m1/s1. The van der Waals surface area contributed by atoms with Gasteiger partial charge < -0.3 is 10.1 Å². The largest absolute Gasteiger partial charge is 0.453 e. The summed E-state index contributed by atoms with van der Waals surface area (Å²) in [5.41, 5.74) is -0.183. The molecule has 1 amide bonds. The van der Waals surface area contributed by atoms with Crippen LogP contribution in [0.4, 0.5) is 14.5 Å². The maximum atomic E-state index is 13.5. The van der Waals surface area contributed by atoms with E-state index < -0.39 is 29.6 Å². The van der Waals surface area contributed by atoms with E-state index in [1.165, 1.54) is 18.7 Å². The van der Waals surface area contributed by atoms with Gasteiger partial charge in [-0.15, -0.1) is 11.8 Å². The summed E-state index contributed by atoms with van der Waals surface area (Å²) in [6.45, 7) is 1.38. The van der Waals surface area contributed by atoms with Crippen LogP contribution in [0.15, 0.2) is 47.4 Å². The number of rotatable bonds is 7. The third kappa shape index (κ3) is 6.31. The molecule has 0 aliphatic carbocycles. The quantitative estimate of drug-likeness (QED) is 0.543. The molecule has 1 N–H and O–H groups in total. The van der Waals surface area contributed by atoms with E-state index in [1.807, 2.05) is 12.1 Å². The van der Waals surface area contributed by atoms with Crippen LogP contribution >= 0.6 is 23.4 Å². The Bertz CT molecular complexity index is 787. The molecule has 0 saturated carbocycles. The zero-order chi connectivity index (χ0) is 19.1. The van der Waals surface area contributed by atoms with Crippen molar-refractivity contribution in [2.45, 2.75) is 24.3 Å². The highest BCUT2D eigenvalue weighted by molar-refractivity contribution is 7.99. The molecule has 0 aromatic heterocycles. The van der Waals surface area contributed by atoms with Crippen molar-refractivity contribution in [3.8, 4) is 0 Å². The number of ether oxygens (including phenoxy) is 1. The molecule has 0 fully saturated rings. The first-order valence-corrected chi connectivity index (χ1v) is 9.05. The topological polar surface area (TPSA) is 55.4 Å². The highest BCUT2D eigenvalue weighted by Crippen LogP contribution is 2.21. The SMILES string of the molecule is C[C@@H](OC(=O)CCSc1ccc(Cl)cc1)C(=O)Nc1ccc(F)cc1F. The van der Waals surface area contributed by atoms with Crippen molar-refractivity contribution >= 4 is 40.9 Å². The lowest BCUT2D eigenvalue weighted by Crippen LogP contribution is -2.30. The van der Waals surface area contributed by atoms with Gasteiger partial charge in [-0.05, 0) is 43.3 Å². The zero-order valence-electron chi connectivity index (χ0n) is 13.8. The normalized spacial score (nSPS) is 11.7. The number of hydrogen-bond acceptors (Lipinski definition) is 4. The molecule has 0 aliphatic heterocycles. The number of hydrogen-bond donors (Lipinski definition) is 1. The number of amides is 1. The van der Waals surface area contributed by atoms with E-state index in [1.54, 1.807) is 12.1 Å². The lowest BCUT2D eigenvalue weighted by atomic mass is 10.2. The summed E-state index contributed by atoms with van der Waals surface area (Å²) in [6, 6.07) is 9.95. The minimum absolute atomic E-state index is 0.107. The first-order chi connectivity index (χ1) is 12.3. The van der Waals surface area contributed by atoms with E-state index in [0.717, 1.165) is 17.0 Å². The van der Waals surface area contributed by atoms with Crippen LogP contribution in [0.5, 0.6) is 0 Å². The molecule has 0 spiro atoms. The second kappa shape index (κ2) is 9.54. The molecule has 2 rings (SSSR count). The zero-order valence-corrected chi connectivity index (χ0v) is 15.4. The Kier molecular flexibility index (Phi) is 7.41. The van der Waals surface area contributed by atoms with Crippen LogP contribution in [0.3, 0.4) is 0 Å². The maximum Gasteiger partial charge on any atom is 0.307 e. The predicted octanol–water partition coefficient (Wildman–Crippen LogP) is 4.67. The summed E-state index contributed by atoms with van der Waals surface area (Å²) < 4.78 is 31.4. The van der Waals surface area contributed by atoms with Crippen LogP contribution in [-0.2, 0) is 14.3 Å². The van der Waals surface area contributed by atoms with Gasteiger partial charge in [0, 0.05) is 21.7 Å². The Morgan fingerprint density at radius 2 is 1.88 bits per heavy atom. The molecule has 4 nitrogen and oxygen atoms in total. The molecule has 0 radical (unpaired) electrons. The summed E-state index contributed by atoms with van der Waals surface area (Å²) in [4.78, 5) is 24.7. The third-order valence-electron chi connectivity index (χ3n) is 3.26. The smallest absolute Gasteiger partial charge is 0.307 e. The van der Waals surface area contributed by atoms with E-state index in [0.29, 0.717) is 16.8 Å². The molecule has 1 atom stereocenters. The second-order valence-electron chi connectivity index (χ2n) is 5.30. The molecule has 26 heavy (non-hydrogen) atoms. The van der Waals surface area contributed by atoms with Gasteiger partial charge in [0.1, 0.15) is 11.6 Å². The van der Waals surface area contributed by atoms with Crippen molar-refractivity contribution in [3.05, 3.63) is 59.1 Å². The molecule has 0 heterocycles. The predicted molar refractivity (Wildman–Crippen MR) is 97.3 cm³/mol. The van der Waals surface area contributed by atoms with Gasteiger partial charge in [-0.25, -0.2) is 8.78 Å². The fourth-order valence-electron chi connectivity index (χ4n) is 1.92. The number of carbonyl (C=O) groups is 2. The van der Waals surface area contributed by atoms with E-state index in [2.05, 4.69) is 5.32 Å². The van der Waals surface area contributed by atoms with Gasteiger partial charge in [-0.2, -0.15) is 0 Å². The molecule has 138 valence electrons. The summed E-state index contributed by atoms with van der Waals surface area (Å²) in [5, 5.41) is 2.88. The van der Waals surface area contributed by atoms with Crippen molar-refractivity contribution in [1.82, 2.24) is 0 Å². The van der Waals surface area contributed by atoms with Crippen LogP contribution in [0.25, 0.3) is 0 Å². The van der Waals surface area contributed by atoms with E-state index in [4.69, 9.17) is 16.3 Å². The summed E-state index contributed by atoms with van der Waals surface area (Å²) in [7, 11) is 0. The van der Waals surface area contributed by atoms with Gasteiger partial charge in [-0.1, -0.05) is 11.6 Å². The second-order valence-corrected chi connectivity index (χ2v) is 6.90. The average molecular weight is 400 g/mol. The van der Waals surface area contributed by atoms with Crippen molar-refractivity contribution in [3.63, 3.8) is 0 Å². The van der Waals surface area contributed by atoms with Crippen LogP contribution in [0.2, 0.25) is 5.02 Å². The Morgan fingerprint density at radius 1 is 1.19 bits per heavy atom. The van der Waals surface area contributed by atoms with E-state index >= 15 is 0 Å². The number of esters is 1. The minimum atomic E-state index is -1.10. The van der Waals surface area contributed by atoms with Gasteiger partial charge in [0.05, 0.1) is 12.1 Å². The Balaban J connectivity index is 1.76. The summed E-state index contributed by atoms with van der Waals surface area (Å²) in [6.07, 6.45) is -0.997. The molecule has 2 aromatic rings. The molecule has 2 aromatic carbocycles. The van der Waals surface area contributed by atoms with Crippen LogP contribution in [-0.4, -0.2) is 23.7 Å². The Morgan fingerprint density at radius 3 is 2.54 bits per heavy atom.